The molecule has 0 unspecified atom stereocenters. The van der Waals surface area contributed by atoms with E-state index < -0.39 is 11.5 Å². The maximum absolute atomic E-state index is 12.4. The maximum atomic E-state index is 12.4. The summed E-state index contributed by atoms with van der Waals surface area (Å²) in [6.45, 7) is 4.23. The minimum Gasteiger partial charge on any atom is -0.480 e. The van der Waals surface area contributed by atoms with Crippen molar-refractivity contribution in [3.05, 3.63) is 29.8 Å². The molecule has 6 heteroatoms. The van der Waals surface area contributed by atoms with Crippen LogP contribution < -0.4 is 5.32 Å². The van der Waals surface area contributed by atoms with Gasteiger partial charge in [0.25, 0.3) is 5.91 Å². The molecule has 1 aliphatic heterocycles. The van der Waals surface area contributed by atoms with E-state index in [2.05, 4.69) is 19.2 Å². The molecule has 0 atom stereocenters. The Morgan fingerprint density at radius 3 is 2.32 bits per heavy atom. The van der Waals surface area contributed by atoms with Crippen molar-refractivity contribution in [3.63, 3.8) is 0 Å². The van der Waals surface area contributed by atoms with E-state index in [1.54, 1.807) is 35.7 Å². The molecule has 0 aliphatic carbocycles. The summed E-state index contributed by atoms with van der Waals surface area (Å²) in [7, 11) is 0. The Kier molecular flexibility index (Phi) is 5.81. The number of aliphatic carboxylic acids is 1. The molecule has 2 N–H and O–H groups in total. The zero-order chi connectivity index (χ0) is 16.2. The first-order valence-corrected chi connectivity index (χ1v) is 9.37. The number of benzene rings is 1. The Morgan fingerprint density at radius 1 is 1.23 bits per heavy atom. The van der Waals surface area contributed by atoms with Crippen LogP contribution in [-0.2, 0) is 4.79 Å². The molecule has 0 bridgehead atoms. The van der Waals surface area contributed by atoms with Gasteiger partial charge >= 0.3 is 5.97 Å². The largest absolute Gasteiger partial charge is 0.480 e. The number of amides is 1. The summed E-state index contributed by atoms with van der Waals surface area (Å²) in [5.41, 5.74) is -0.611. The quantitative estimate of drug-likeness (QED) is 0.806. The monoisotopic (exact) mass is 339 g/mol. The van der Waals surface area contributed by atoms with Crippen molar-refractivity contribution in [1.82, 2.24) is 5.32 Å². The van der Waals surface area contributed by atoms with Gasteiger partial charge in [-0.2, -0.15) is 11.8 Å². The molecule has 1 fully saturated rings. The zero-order valence-corrected chi connectivity index (χ0v) is 14.4. The first-order valence-electron chi connectivity index (χ1n) is 7.33. The number of hydrogen-bond donors (Lipinski definition) is 2. The average molecular weight is 339 g/mol. The minimum atomic E-state index is -1.12. The molecule has 1 amide bonds. The summed E-state index contributed by atoms with van der Waals surface area (Å²) in [6, 6.07) is 7.33. The van der Waals surface area contributed by atoms with Gasteiger partial charge in [0.2, 0.25) is 0 Å². The number of carboxylic acids is 1. The van der Waals surface area contributed by atoms with E-state index in [1.807, 2.05) is 12.1 Å². The molecule has 4 nitrogen and oxygen atoms in total. The van der Waals surface area contributed by atoms with Crippen LogP contribution in [0.1, 0.15) is 37.0 Å². The van der Waals surface area contributed by atoms with Crippen molar-refractivity contribution in [2.75, 3.05) is 11.5 Å². The van der Waals surface area contributed by atoms with Crippen LogP contribution >= 0.6 is 23.5 Å². The lowest BCUT2D eigenvalue weighted by Gasteiger charge is -2.33. The van der Waals surface area contributed by atoms with Gasteiger partial charge in [-0.1, -0.05) is 13.8 Å². The van der Waals surface area contributed by atoms with Crippen molar-refractivity contribution < 1.29 is 14.7 Å². The van der Waals surface area contributed by atoms with Crippen LogP contribution in [0.5, 0.6) is 0 Å². The predicted molar refractivity (Wildman–Crippen MR) is 91.8 cm³/mol. The fourth-order valence-corrected chi connectivity index (χ4v) is 4.39. The number of carboxylic acid groups (broad SMARTS) is 1. The lowest BCUT2D eigenvalue weighted by molar-refractivity contribution is -0.144. The highest BCUT2D eigenvalue weighted by atomic mass is 32.2. The summed E-state index contributed by atoms with van der Waals surface area (Å²) in [6.07, 6.45) is 0.944. The highest BCUT2D eigenvalue weighted by molar-refractivity contribution is 8.00. The third-order valence-corrected chi connectivity index (χ3v) is 5.60. The predicted octanol–water partition coefficient (Wildman–Crippen LogP) is 3.27. The number of thioether (sulfide) groups is 2. The Hall–Kier alpha value is -1.14. The Balaban J connectivity index is 2.08. The molecule has 1 aliphatic rings. The molecule has 0 radical (unpaired) electrons. The number of hydrogen-bond acceptors (Lipinski definition) is 4. The Bertz CT molecular complexity index is 537. The summed E-state index contributed by atoms with van der Waals surface area (Å²) in [5, 5.41) is 12.7. The van der Waals surface area contributed by atoms with E-state index in [0.717, 1.165) is 16.4 Å². The van der Waals surface area contributed by atoms with Gasteiger partial charge in [-0.3, -0.25) is 4.79 Å². The number of rotatable bonds is 5. The van der Waals surface area contributed by atoms with E-state index in [9.17, 15) is 14.7 Å². The van der Waals surface area contributed by atoms with Gasteiger partial charge in [0.05, 0.1) is 0 Å². The highest BCUT2D eigenvalue weighted by Crippen LogP contribution is 2.28. The van der Waals surface area contributed by atoms with E-state index in [-0.39, 0.29) is 5.91 Å². The third kappa shape index (κ3) is 4.20. The lowest BCUT2D eigenvalue weighted by atomic mass is 9.92. The molecular formula is C16H21NO3S2. The molecule has 1 aromatic rings. The Morgan fingerprint density at radius 2 is 1.82 bits per heavy atom. The normalized spacial score (nSPS) is 17.2. The molecule has 120 valence electrons. The third-order valence-electron chi connectivity index (χ3n) is 3.60. The van der Waals surface area contributed by atoms with Gasteiger partial charge < -0.3 is 10.4 Å². The second-order valence-electron chi connectivity index (χ2n) is 5.64. The molecule has 22 heavy (non-hydrogen) atoms. The van der Waals surface area contributed by atoms with Crippen molar-refractivity contribution >= 4 is 35.4 Å². The first kappa shape index (κ1) is 17.2. The summed E-state index contributed by atoms with van der Waals surface area (Å²) in [4.78, 5) is 25.1. The molecule has 0 saturated carbocycles. The van der Waals surface area contributed by atoms with Crippen LogP contribution in [0, 0.1) is 0 Å². The van der Waals surface area contributed by atoms with Gasteiger partial charge in [-0.15, -0.1) is 11.8 Å². The second kappa shape index (κ2) is 7.42. The van der Waals surface area contributed by atoms with Crippen molar-refractivity contribution in [2.24, 2.45) is 0 Å². The fraction of sp³-hybridized carbons (Fsp3) is 0.500. The molecule has 0 spiro atoms. The highest BCUT2D eigenvalue weighted by Gasteiger charge is 2.41. The van der Waals surface area contributed by atoms with E-state index in [1.165, 1.54) is 0 Å². The SMILES string of the molecule is CC(C)Sc1ccc(C(=O)NC2(C(=O)O)CCSCC2)cc1. The Labute approximate surface area is 139 Å². The van der Waals surface area contributed by atoms with Crippen LogP contribution in [0.25, 0.3) is 0 Å². The van der Waals surface area contributed by atoms with Crippen LogP contribution in [0.4, 0.5) is 0 Å². The van der Waals surface area contributed by atoms with Crippen molar-refractivity contribution in [1.29, 1.82) is 0 Å². The number of carbonyl (C=O) groups is 2. The molecular weight excluding hydrogens is 318 g/mol. The van der Waals surface area contributed by atoms with Gasteiger partial charge in [0, 0.05) is 15.7 Å². The molecule has 1 saturated heterocycles. The van der Waals surface area contributed by atoms with Crippen LogP contribution in [0.3, 0.4) is 0 Å². The van der Waals surface area contributed by atoms with E-state index in [4.69, 9.17) is 0 Å². The number of nitrogens with one attached hydrogen (secondary N) is 1. The van der Waals surface area contributed by atoms with Crippen LogP contribution in [-0.4, -0.2) is 39.3 Å². The van der Waals surface area contributed by atoms with Gasteiger partial charge in [0.1, 0.15) is 5.54 Å². The zero-order valence-electron chi connectivity index (χ0n) is 12.8. The van der Waals surface area contributed by atoms with Crippen LogP contribution in [0.2, 0.25) is 0 Å². The van der Waals surface area contributed by atoms with E-state index >= 15 is 0 Å². The molecule has 0 aromatic heterocycles. The average Bonchev–Trinajstić information content (AvgIpc) is 2.48. The fourth-order valence-electron chi connectivity index (χ4n) is 2.36. The summed E-state index contributed by atoms with van der Waals surface area (Å²) >= 11 is 3.46. The smallest absolute Gasteiger partial charge is 0.329 e. The first-order chi connectivity index (χ1) is 10.4. The van der Waals surface area contributed by atoms with Gasteiger partial charge in [-0.05, 0) is 48.6 Å². The molecule has 1 heterocycles. The van der Waals surface area contributed by atoms with E-state index in [0.29, 0.717) is 23.7 Å². The van der Waals surface area contributed by atoms with Crippen molar-refractivity contribution in [2.45, 2.75) is 42.4 Å². The summed E-state index contributed by atoms with van der Waals surface area (Å²) in [5.74, 6) is 0.274. The maximum Gasteiger partial charge on any atom is 0.329 e. The number of carbonyl (C=O) groups excluding carboxylic acids is 1. The van der Waals surface area contributed by atoms with Crippen LogP contribution in [0.15, 0.2) is 29.2 Å². The summed E-state index contributed by atoms with van der Waals surface area (Å²) < 4.78 is 0. The lowest BCUT2D eigenvalue weighted by Crippen LogP contribution is -2.56. The van der Waals surface area contributed by atoms with Gasteiger partial charge in [0.15, 0.2) is 0 Å². The van der Waals surface area contributed by atoms with Crippen molar-refractivity contribution in [3.8, 4) is 0 Å². The minimum absolute atomic E-state index is 0.310. The topological polar surface area (TPSA) is 66.4 Å². The second-order valence-corrected chi connectivity index (χ2v) is 8.52. The van der Waals surface area contributed by atoms with Gasteiger partial charge in [-0.25, -0.2) is 4.79 Å². The standard InChI is InChI=1S/C16H21NO3S2/c1-11(2)22-13-5-3-12(4-6-13)14(18)17-16(15(19)20)7-9-21-10-8-16/h3-6,11H,7-10H2,1-2H3,(H,17,18)(H,19,20). The molecule has 2 rings (SSSR count). The molecule has 1 aromatic carbocycles.